The van der Waals surface area contributed by atoms with Gasteiger partial charge in [0.05, 0.1) is 27.1 Å². The second-order valence-corrected chi connectivity index (χ2v) is 13.4. The van der Waals surface area contributed by atoms with Crippen LogP contribution in [0.2, 0.25) is 0 Å². The topological polar surface area (TPSA) is 17.1 Å². The lowest BCUT2D eigenvalue weighted by atomic mass is 10.0. The van der Waals surface area contributed by atoms with Gasteiger partial charge >= 0.3 is 5.91 Å². The van der Waals surface area contributed by atoms with Gasteiger partial charge in [0, 0.05) is 0 Å². The van der Waals surface area contributed by atoms with Crippen LogP contribution in [-0.4, -0.2) is 31.0 Å². The highest BCUT2D eigenvalue weighted by molar-refractivity contribution is 5.68. The first-order valence-electron chi connectivity index (χ1n) is 18.6. The fourth-order valence-corrected chi connectivity index (χ4v) is 5.83. The smallest absolute Gasteiger partial charge is 0.265 e. The maximum Gasteiger partial charge on any atom is 0.313 e. The van der Waals surface area contributed by atoms with Crippen molar-refractivity contribution in [3.05, 3.63) is 12.2 Å². The van der Waals surface area contributed by atoms with Gasteiger partial charge in [-0.3, -0.25) is 4.48 Å². The van der Waals surface area contributed by atoms with E-state index in [4.69, 9.17) is 0 Å². The maximum atomic E-state index is 12.8. The summed E-state index contributed by atoms with van der Waals surface area (Å²) in [6.45, 7) is 5.60. The molecule has 1 amide bonds. The summed E-state index contributed by atoms with van der Waals surface area (Å²) < 4.78 is 0.585. The average Bonchev–Trinajstić information content (AvgIpc) is 2.94. The number of unbranched alkanes of at least 4 members (excludes halogenated alkanes) is 26. The molecule has 0 bridgehead atoms. The van der Waals surface area contributed by atoms with Crippen LogP contribution in [0.3, 0.4) is 0 Å². The largest absolute Gasteiger partial charge is 0.313 e. The Morgan fingerprint density at radius 1 is 0.425 bits per heavy atom. The highest BCUT2D eigenvalue weighted by Gasteiger charge is 2.24. The predicted molar refractivity (Wildman–Crippen MR) is 181 cm³/mol. The summed E-state index contributed by atoms with van der Waals surface area (Å²) in [4.78, 5) is 12.8. The Kier molecular flexibility index (Phi) is 30.8. The van der Waals surface area contributed by atoms with Crippen molar-refractivity contribution < 1.29 is 9.28 Å². The van der Waals surface area contributed by atoms with Gasteiger partial charge in [-0.15, -0.1) is 0 Å². The second kappa shape index (κ2) is 31.3. The third-order valence-electron chi connectivity index (χ3n) is 8.90. The van der Waals surface area contributed by atoms with E-state index < -0.39 is 0 Å². The van der Waals surface area contributed by atoms with Crippen LogP contribution in [0.5, 0.6) is 0 Å². The van der Waals surface area contributed by atoms with Gasteiger partial charge in [-0.05, 0) is 44.9 Å². The van der Waals surface area contributed by atoms with E-state index in [1.807, 2.05) is 0 Å². The Morgan fingerprint density at radius 3 is 1.10 bits per heavy atom. The molecule has 40 heavy (non-hydrogen) atoms. The summed E-state index contributed by atoms with van der Waals surface area (Å²) in [6, 6.07) is 0. The highest BCUT2D eigenvalue weighted by Crippen LogP contribution is 2.16. The van der Waals surface area contributed by atoms with Crippen LogP contribution in [0.1, 0.15) is 206 Å². The molecule has 0 aliphatic heterocycles. The lowest BCUT2D eigenvalue weighted by molar-refractivity contribution is -0.814. The van der Waals surface area contributed by atoms with Crippen LogP contribution >= 0.6 is 0 Å². The molecule has 2 nitrogen and oxygen atoms in total. The van der Waals surface area contributed by atoms with Gasteiger partial charge in [0.2, 0.25) is 0 Å². The molecule has 0 aromatic rings. The molecule has 0 rings (SSSR count). The summed E-state index contributed by atoms with van der Waals surface area (Å²) >= 11 is 0. The number of carbonyl (C=O) groups is 1. The third kappa shape index (κ3) is 28.9. The Hall–Kier alpha value is -0.630. The number of allylic oxidation sites excluding steroid dienone is 2. The number of hydrogen-bond acceptors (Lipinski definition) is 1. The molecule has 0 heterocycles. The Labute approximate surface area is 254 Å². The summed E-state index contributed by atoms with van der Waals surface area (Å²) in [7, 11) is 4.26. The molecule has 0 spiro atoms. The van der Waals surface area contributed by atoms with Crippen LogP contribution in [0, 0.1) is 0 Å². The summed E-state index contributed by atoms with van der Waals surface area (Å²) in [5.41, 5.74) is 0. The van der Waals surface area contributed by atoms with E-state index in [9.17, 15) is 4.79 Å². The molecule has 0 aromatic carbocycles. The van der Waals surface area contributed by atoms with Crippen LogP contribution in [0.4, 0.5) is 0 Å². The molecule has 0 aromatic heterocycles. The number of amides is 1. The molecule has 0 aliphatic rings. The second-order valence-electron chi connectivity index (χ2n) is 13.4. The van der Waals surface area contributed by atoms with Gasteiger partial charge < -0.3 is 0 Å². The molecule has 0 unspecified atom stereocenters. The molecule has 238 valence electrons. The number of rotatable bonds is 32. The fraction of sp³-hybridized carbons (Fsp3) is 0.921. The van der Waals surface area contributed by atoms with E-state index >= 15 is 0 Å². The third-order valence-corrected chi connectivity index (χ3v) is 8.90. The van der Waals surface area contributed by atoms with Crippen molar-refractivity contribution in [2.45, 2.75) is 206 Å². The SMILES string of the molecule is CCCCCCCCC=CCCCCCCCC(=O)[N+](C)(C)CCCCCCCCCCCCCCCCCC. The fourth-order valence-electron chi connectivity index (χ4n) is 5.83. The molecular weight excluding hydrogens is 486 g/mol. The number of nitrogens with zero attached hydrogens (tertiary/aromatic N) is 1. The predicted octanol–water partition coefficient (Wildman–Crippen LogP) is 12.9. The number of carbonyl (C=O) groups excluding carboxylic acids is 1. The van der Waals surface area contributed by atoms with Crippen LogP contribution < -0.4 is 0 Å². The minimum Gasteiger partial charge on any atom is -0.265 e. The quantitative estimate of drug-likeness (QED) is 0.0452. The highest BCUT2D eigenvalue weighted by atomic mass is 16.2. The summed E-state index contributed by atoms with van der Waals surface area (Å²) in [5, 5.41) is 0. The maximum absolute atomic E-state index is 12.8. The molecule has 0 N–H and O–H groups in total. The van der Waals surface area contributed by atoms with Crippen molar-refractivity contribution >= 4 is 5.91 Å². The van der Waals surface area contributed by atoms with Gasteiger partial charge in [0.1, 0.15) is 0 Å². The standard InChI is InChI=1S/C38H76NO/c1-5-7-9-11-13-15-17-19-21-23-25-27-29-31-33-35-37-39(3,4)38(40)36-34-32-30-28-26-24-22-20-18-16-14-12-10-8-6-2/h20,22H,5-19,21,23-37H2,1-4H3/q+1. The lowest BCUT2D eigenvalue weighted by Crippen LogP contribution is -2.46. The first-order valence-corrected chi connectivity index (χ1v) is 18.6. The van der Waals surface area contributed by atoms with E-state index in [-0.39, 0.29) is 0 Å². The number of quaternary nitrogens is 1. The lowest BCUT2D eigenvalue weighted by Gasteiger charge is -2.27. The van der Waals surface area contributed by atoms with Gasteiger partial charge in [-0.1, -0.05) is 167 Å². The number of hydrogen-bond donors (Lipinski definition) is 0. The van der Waals surface area contributed by atoms with Crippen LogP contribution in [0.25, 0.3) is 0 Å². The molecule has 0 aliphatic carbocycles. The average molecular weight is 563 g/mol. The zero-order valence-electron chi connectivity index (χ0n) is 28.4. The van der Waals surface area contributed by atoms with E-state index in [0.717, 1.165) is 19.4 Å². The molecule has 2 heteroatoms. The van der Waals surface area contributed by atoms with Gasteiger partial charge in [0.15, 0.2) is 0 Å². The van der Waals surface area contributed by atoms with E-state index in [0.29, 0.717) is 10.4 Å². The molecule has 0 fully saturated rings. The monoisotopic (exact) mass is 563 g/mol. The van der Waals surface area contributed by atoms with Gasteiger partial charge in [-0.25, -0.2) is 4.79 Å². The molecule has 0 saturated carbocycles. The zero-order chi connectivity index (χ0) is 29.4. The van der Waals surface area contributed by atoms with Crippen molar-refractivity contribution in [2.75, 3.05) is 20.6 Å². The van der Waals surface area contributed by atoms with Crippen molar-refractivity contribution in [3.8, 4) is 0 Å². The van der Waals surface area contributed by atoms with E-state index in [2.05, 4.69) is 40.1 Å². The van der Waals surface area contributed by atoms with E-state index in [1.54, 1.807) is 0 Å². The summed E-state index contributed by atoms with van der Waals surface area (Å²) in [6.07, 6.45) is 45.0. The Balaban J connectivity index is 3.45. The molecule has 0 atom stereocenters. The Morgan fingerprint density at radius 2 is 0.725 bits per heavy atom. The van der Waals surface area contributed by atoms with Crippen molar-refractivity contribution in [1.29, 1.82) is 0 Å². The first-order chi connectivity index (χ1) is 19.5. The van der Waals surface area contributed by atoms with Crippen LogP contribution in [-0.2, 0) is 4.79 Å². The van der Waals surface area contributed by atoms with Crippen molar-refractivity contribution in [2.24, 2.45) is 0 Å². The van der Waals surface area contributed by atoms with Crippen LogP contribution in [0.15, 0.2) is 12.2 Å². The normalized spacial score (nSPS) is 12.1. The van der Waals surface area contributed by atoms with Crippen molar-refractivity contribution in [3.63, 3.8) is 0 Å². The summed E-state index contributed by atoms with van der Waals surface area (Å²) in [5.74, 6) is 0.443. The minimum absolute atomic E-state index is 0.443. The Bertz CT molecular complexity index is 538. The first kappa shape index (κ1) is 39.4. The minimum atomic E-state index is 0.443. The zero-order valence-corrected chi connectivity index (χ0v) is 28.4. The van der Waals surface area contributed by atoms with Crippen molar-refractivity contribution in [1.82, 2.24) is 0 Å². The molecule has 0 saturated heterocycles. The van der Waals surface area contributed by atoms with Gasteiger partial charge in [0.25, 0.3) is 0 Å². The van der Waals surface area contributed by atoms with Gasteiger partial charge in [-0.2, -0.15) is 0 Å². The molecular formula is C38H76NO+. The van der Waals surface area contributed by atoms with E-state index in [1.165, 1.54) is 180 Å². The molecule has 0 radical (unpaired) electrons.